The van der Waals surface area contributed by atoms with Crippen LogP contribution in [-0.2, 0) is 20.8 Å². The molecular formula is C14H27N5O6. The van der Waals surface area contributed by atoms with Gasteiger partial charge in [0.15, 0.2) is 0 Å². The smallest absolute Gasteiger partial charge is 0.320 e. The van der Waals surface area contributed by atoms with Crippen molar-refractivity contribution in [2.24, 2.45) is 23.1 Å². The van der Waals surface area contributed by atoms with Crippen molar-refractivity contribution in [1.29, 1.82) is 0 Å². The predicted octanol–water partition coefficient (Wildman–Crippen LogP) is -1.16. The predicted molar refractivity (Wildman–Crippen MR) is 89.7 cm³/mol. The summed E-state index contributed by atoms with van der Waals surface area (Å²) in [5, 5.41) is 24.4. The van der Waals surface area contributed by atoms with Gasteiger partial charge in [-0.2, -0.15) is 0 Å². The van der Waals surface area contributed by atoms with Crippen LogP contribution < -0.4 is 17.2 Å². The molecule has 1 aromatic rings. The lowest BCUT2D eigenvalue weighted by Crippen LogP contribution is -2.36. The van der Waals surface area contributed by atoms with Gasteiger partial charge < -0.3 is 37.5 Å². The van der Waals surface area contributed by atoms with Crippen molar-refractivity contribution in [3.63, 3.8) is 0 Å². The van der Waals surface area contributed by atoms with E-state index in [0.29, 0.717) is 5.69 Å². The molecule has 3 atom stereocenters. The third kappa shape index (κ3) is 13.6. The lowest BCUT2D eigenvalue weighted by molar-refractivity contribution is -0.140. The summed E-state index contributed by atoms with van der Waals surface area (Å²) >= 11 is 0. The molecule has 0 aliphatic heterocycles. The second kappa shape index (κ2) is 13.9. The minimum Gasteiger partial charge on any atom is -0.480 e. The number of aromatic amines is 1. The number of aliphatic carboxylic acids is 3. The van der Waals surface area contributed by atoms with E-state index in [-0.39, 0.29) is 18.9 Å². The van der Waals surface area contributed by atoms with Crippen molar-refractivity contribution in [3.8, 4) is 0 Å². The fourth-order valence-corrected chi connectivity index (χ4v) is 1.21. The molecule has 0 aliphatic carbocycles. The minimum atomic E-state index is -1.01. The molecule has 25 heavy (non-hydrogen) atoms. The van der Waals surface area contributed by atoms with Crippen LogP contribution >= 0.6 is 0 Å². The number of aromatic nitrogens is 2. The van der Waals surface area contributed by atoms with Crippen LogP contribution in [0, 0.1) is 5.92 Å². The van der Waals surface area contributed by atoms with Gasteiger partial charge in [-0.3, -0.25) is 14.4 Å². The van der Waals surface area contributed by atoms with E-state index >= 15 is 0 Å². The second-order valence-electron chi connectivity index (χ2n) is 5.06. The zero-order valence-corrected chi connectivity index (χ0v) is 14.3. The van der Waals surface area contributed by atoms with E-state index in [4.69, 9.17) is 26.8 Å². The van der Waals surface area contributed by atoms with E-state index in [0.717, 1.165) is 6.42 Å². The molecule has 0 saturated carbocycles. The van der Waals surface area contributed by atoms with Gasteiger partial charge >= 0.3 is 17.9 Å². The molecule has 0 saturated heterocycles. The number of nitrogens with zero attached hydrogens (tertiary/aromatic N) is 1. The van der Waals surface area contributed by atoms with Crippen LogP contribution in [0.5, 0.6) is 0 Å². The molecule has 0 aliphatic rings. The van der Waals surface area contributed by atoms with E-state index in [9.17, 15) is 14.4 Å². The maximum atomic E-state index is 10.3. The third-order valence-corrected chi connectivity index (χ3v) is 3.02. The number of nitrogens with two attached hydrogens (primary N) is 3. The number of carboxylic acid groups (broad SMARTS) is 3. The summed E-state index contributed by atoms with van der Waals surface area (Å²) in [6, 6.07) is -1.56. The van der Waals surface area contributed by atoms with Crippen molar-refractivity contribution in [3.05, 3.63) is 18.2 Å². The quantitative estimate of drug-likeness (QED) is 0.308. The van der Waals surface area contributed by atoms with Gasteiger partial charge in [0.1, 0.15) is 12.1 Å². The van der Waals surface area contributed by atoms with Gasteiger partial charge in [-0.15, -0.1) is 0 Å². The van der Waals surface area contributed by atoms with Crippen molar-refractivity contribution >= 4 is 17.9 Å². The highest BCUT2D eigenvalue weighted by Crippen LogP contribution is 2.04. The number of hydrogen-bond donors (Lipinski definition) is 7. The normalized spacial score (nSPS) is 13.2. The lowest BCUT2D eigenvalue weighted by Gasteiger charge is -2.11. The molecule has 0 spiro atoms. The number of hydrogen-bond acceptors (Lipinski definition) is 7. The summed E-state index contributed by atoms with van der Waals surface area (Å²) in [4.78, 5) is 36.2. The van der Waals surface area contributed by atoms with E-state index in [1.807, 2.05) is 13.8 Å². The van der Waals surface area contributed by atoms with Gasteiger partial charge in [0, 0.05) is 12.6 Å². The third-order valence-electron chi connectivity index (χ3n) is 3.02. The number of carbonyl (C=O) groups is 3. The molecule has 0 amide bonds. The average molecular weight is 361 g/mol. The first-order chi connectivity index (χ1) is 11.6. The number of H-pyrrole nitrogens is 1. The fourth-order valence-electron chi connectivity index (χ4n) is 1.21. The number of imidazole rings is 1. The van der Waals surface area contributed by atoms with E-state index in [2.05, 4.69) is 15.7 Å². The van der Waals surface area contributed by atoms with Crippen molar-refractivity contribution in [2.75, 3.05) is 6.54 Å². The zero-order chi connectivity index (χ0) is 20.0. The van der Waals surface area contributed by atoms with Gasteiger partial charge in [-0.25, -0.2) is 4.98 Å². The van der Waals surface area contributed by atoms with Crippen LogP contribution in [0.3, 0.4) is 0 Å². The van der Waals surface area contributed by atoms with Crippen molar-refractivity contribution in [2.45, 2.75) is 38.8 Å². The average Bonchev–Trinajstić information content (AvgIpc) is 3.07. The van der Waals surface area contributed by atoms with Crippen molar-refractivity contribution < 1.29 is 29.7 Å². The Morgan fingerprint density at radius 3 is 1.96 bits per heavy atom. The molecule has 11 heteroatoms. The van der Waals surface area contributed by atoms with E-state index in [1.54, 1.807) is 6.20 Å². The Hall–Kier alpha value is -2.50. The molecule has 1 aromatic heterocycles. The summed E-state index contributed by atoms with van der Waals surface area (Å²) < 4.78 is 0. The molecule has 1 rings (SSSR count). The number of nitrogens with one attached hydrogen (secondary N) is 1. The lowest BCUT2D eigenvalue weighted by atomic mass is 10.0. The zero-order valence-electron chi connectivity index (χ0n) is 14.3. The monoisotopic (exact) mass is 361 g/mol. The molecule has 0 fully saturated rings. The van der Waals surface area contributed by atoms with Crippen molar-refractivity contribution in [1.82, 2.24) is 9.97 Å². The van der Waals surface area contributed by atoms with Crippen LogP contribution in [0.4, 0.5) is 0 Å². The Labute approximate surface area is 145 Å². The molecule has 11 nitrogen and oxygen atoms in total. The largest absolute Gasteiger partial charge is 0.480 e. The van der Waals surface area contributed by atoms with Gasteiger partial charge in [0.25, 0.3) is 0 Å². The molecular weight excluding hydrogens is 334 g/mol. The van der Waals surface area contributed by atoms with Gasteiger partial charge in [-0.05, 0) is 5.92 Å². The van der Waals surface area contributed by atoms with Crippen LogP contribution in [0.25, 0.3) is 0 Å². The topological polar surface area (TPSA) is 219 Å². The summed E-state index contributed by atoms with van der Waals surface area (Å²) in [6.07, 6.45) is 4.19. The summed E-state index contributed by atoms with van der Waals surface area (Å²) in [5.74, 6) is -2.81. The Balaban J connectivity index is 0. The van der Waals surface area contributed by atoms with Crippen LogP contribution in [0.15, 0.2) is 12.5 Å². The highest BCUT2D eigenvalue weighted by molar-refractivity contribution is 5.73. The Morgan fingerprint density at radius 1 is 1.20 bits per heavy atom. The Morgan fingerprint density at radius 2 is 1.72 bits per heavy atom. The fraction of sp³-hybridized carbons (Fsp3) is 0.571. The molecule has 0 aromatic carbocycles. The molecule has 10 N–H and O–H groups in total. The van der Waals surface area contributed by atoms with Gasteiger partial charge in [0.05, 0.1) is 18.6 Å². The summed E-state index contributed by atoms with van der Waals surface area (Å²) in [7, 11) is 0. The van der Waals surface area contributed by atoms with E-state index < -0.39 is 30.0 Å². The molecule has 0 bridgehead atoms. The van der Waals surface area contributed by atoms with Gasteiger partial charge in [0.2, 0.25) is 0 Å². The second-order valence-corrected chi connectivity index (χ2v) is 5.06. The molecule has 144 valence electrons. The van der Waals surface area contributed by atoms with Crippen LogP contribution in [0.1, 0.15) is 26.0 Å². The molecule has 0 radical (unpaired) electrons. The SMILES string of the molecule is CCC(C)C(N)C(=O)O.NC(Cc1c[nH]cn1)C(=O)O.NCC(=O)O. The highest BCUT2D eigenvalue weighted by Gasteiger charge is 2.17. The van der Waals surface area contributed by atoms with Crippen LogP contribution in [-0.4, -0.2) is 61.8 Å². The van der Waals surface area contributed by atoms with E-state index in [1.165, 1.54) is 6.33 Å². The minimum absolute atomic E-state index is 0.0718. The first-order valence-electron chi connectivity index (χ1n) is 7.42. The highest BCUT2D eigenvalue weighted by atomic mass is 16.4. The maximum absolute atomic E-state index is 10.3. The van der Waals surface area contributed by atoms with Crippen LogP contribution in [0.2, 0.25) is 0 Å². The number of carboxylic acids is 3. The summed E-state index contributed by atoms with van der Waals surface area (Å²) in [5.41, 5.74) is 15.8. The first kappa shape index (κ1) is 24.7. The standard InChI is InChI=1S/C6H9N3O2.C6H13NO2.C2H5NO2/c7-5(6(10)11)1-4-2-8-3-9-4;1-3-4(2)5(7)6(8)9;3-1-2(4)5/h2-3,5H,1,7H2,(H,8,9)(H,10,11);4-5H,3,7H2,1-2H3,(H,8,9);1,3H2,(H,4,5). The molecule has 1 heterocycles. The van der Waals surface area contributed by atoms with Gasteiger partial charge in [-0.1, -0.05) is 20.3 Å². The first-order valence-corrected chi connectivity index (χ1v) is 7.42. The maximum Gasteiger partial charge on any atom is 0.320 e. The number of rotatable bonds is 7. The molecule has 3 unspecified atom stereocenters. The Bertz CT molecular complexity index is 508. The summed E-state index contributed by atoms with van der Waals surface area (Å²) in [6.45, 7) is 3.48. The Kier molecular flexibility index (Phi) is 13.8.